The Balaban J connectivity index is 1.36. The minimum atomic E-state index is -0.218. The van der Waals surface area contributed by atoms with E-state index in [1.165, 1.54) is 18.3 Å². The van der Waals surface area contributed by atoms with Gasteiger partial charge in [-0.3, -0.25) is 9.69 Å². The molecule has 0 bridgehead atoms. The first-order valence-electron chi connectivity index (χ1n) is 8.65. The zero-order chi connectivity index (χ0) is 18.1. The molecule has 2 aliphatic rings. The summed E-state index contributed by atoms with van der Waals surface area (Å²) < 4.78 is 6.03. The number of nitrogens with zero attached hydrogens (tertiary/aromatic N) is 2. The molecule has 7 heteroatoms. The normalized spacial score (nSPS) is 25.7. The van der Waals surface area contributed by atoms with Crippen LogP contribution in [0, 0.1) is 0 Å². The molecule has 1 aromatic carbocycles. The summed E-state index contributed by atoms with van der Waals surface area (Å²) in [7, 11) is 0. The van der Waals surface area contributed by atoms with Gasteiger partial charge in [0.15, 0.2) is 0 Å². The molecule has 0 unspecified atom stereocenters. The zero-order valence-corrected chi connectivity index (χ0v) is 14.9. The van der Waals surface area contributed by atoms with Crippen LogP contribution in [0.3, 0.4) is 0 Å². The first-order chi connectivity index (χ1) is 12.6. The van der Waals surface area contributed by atoms with Gasteiger partial charge in [0.2, 0.25) is 0 Å². The molecule has 0 radical (unpaired) electrons. The van der Waals surface area contributed by atoms with Crippen molar-refractivity contribution in [2.24, 2.45) is 0 Å². The predicted molar refractivity (Wildman–Crippen MR) is 97.3 cm³/mol. The SMILES string of the molecule is O=C(N[C@H]1C[C@H]2CO[C@@H](c3ccc(Cl)cc3)CN2C1)c1ccc(O)cn1. The van der Waals surface area contributed by atoms with Gasteiger partial charge in [-0.2, -0.15) is 0 Å². The van der Waals surface area contributed by atoms with Gasteiger partial charge in [-0.05, 0) is 36.2 Å². The van der Waals surface area contributed by atoms with E-state index in [0.29, 0.717) is 23.4 Å². The lowest BCUT2D eigenvalue weighted by Gasteiger charge is -2.35. The highest BCUT2D eigenvalue weighted by molar-refractivity contribution is 6.30. The number of carbonyl (C=O) groups is 1. The summed E-state index contributed by atoms with van der Waals surface area (Å²) in [6, 6.07) is 11.1. The van der Waals surface area contributed by atoms with E-state index >= 15 is 0 Å². The van der Waals surface area contributed by atoms with Crippen LogP contribution in [0.5, 0.6) is 5.75 Å². The van der Waals surface area contributed by atoms with Crippen molar-refractivity contribution < 1.29 is 14.6 Å². The zero-order valence-electron chi connectivity index (χ0n) is 14.1. The van der Waals surface area contributed by atoms with Gasteiger partial charge in [0.1, 0.15) is 11.4 Å². The van der Waals surface area contributed by atoms with Crippen LogP contribution in [-0.2, 0) is 4.74 Å². The Hall–Kier alpha value is -2.15. The summed E-state index contributed by atoms with van der Waals surface area (Å²) >= 11 is 5.96. The standard InChI is InChI=1S/C19H20ClN3O3/c20-13-3-1-12(2-4-13)18-10-23-9-14(7-15(23)11-26-18)22-19(25)17-6-5-16(24)8-21-17/h1-6,8,14-15,18,24H,7,9-11H2,(H,22,25)/t14-,15-,18+/m0/s1. The lowest BCUT2D eigenvalue weighted by molar-refractivity contribution is -0.0502. The first kappa shape index (κ1) is 17.3. The molecule has 4 rings (SSSR count). The maximum atomic E-state index is 12.3. The van der Waals surface area contributed by atoms with Crippen LogP contribution in [-0.4, -0.2) is 52.7 Å². The molecule has 2 fully saturated rings. The number of halogens is 1. The van der Waals surface area contributed by atoms with Crippen molar-refractivity contribution >= 4 is 17.5 Å². The third kappa shape index (κ3) is 3.67. The summed E-state index contributed by atoms with van der Waals surface area (Å²) in [6.45, 7) is 2.25. The topological polar surface area (TPSA) is 74.7 Å². The number of aromatic hydroxyl groups is 1. The average Bonchev–Trinajstić information content (AvgIpc) is 3.04. The highest BCUT2D eigenvalue weighted by Gasteiger charge is 2.38. The van der Waals surface area contributed by atoms with Gasteiger partial charge < -0.3 is 15.2 Å². The number of hydrogen-bond donors (Lipinski definition) is 2. The minimum Gasteiger partial charge on any atom is -0.506 e. The molecule has 136 valence electrons. The van der Waals surface area contributed by atoms with E-state index in [-0.39, 0.29) is 23.8 Å². The van der Waals surface area contributed by atoms with Crippen LogP contribution < -0.4 is 5.32 Å². The molecule has 0 saturated carbocycles. The van der Waals surface area contributed by atoms with Gasteiger partial charge in [-0.15, -0.1) is 0 Å². The summed E-state index contributed by atoms with van der Waals surface area (Å²) in [4.78, 5) is 18.6. The number of hydrogen-bond acceptors (Lipinski definition) is 5. The molecule has 1 amide bonds. The summed E-state index contributed by atoms with van der Waals surface area (Å²) in [5, 5.41) is 13.0. The van der Waals surface area contributed by atoms with E-state index in [0.717, 1.165) is 25.1 Å². The lowest BCUT2D eigenvalue weighted by atomic mass is 10.1. The molecule has 26 heavy (non-hydrogen) atoms. The number of nitrogens with one attached hydrogen (secondary N) is 1. The molecule has 2 saturated heterocycles. The molecular weight excluding hydrogens is 354 g/mol. The molecule has 0 spiro atoms. The van der Waals surface area contributed by atoms with Crippen molar-refractivity contribution in [3.8, 4) is 5.75 Å². The fourth-order valence-electron chi connectivity index (χ4n) is 3.64. The van der Waals surface area contributed by atoms with E-state index < -0.39 is 0 Å². The quantitative estimate of drug-likeness (QED) is 0.864. The number of benzene rings is 1. The second-order valence-electron chi connectivity index (χ2n) is 6.79. The number of morpholine rings is 1. The van der Waals surface area contributed by atoms with Crippen LogP contribution in [0.2, 0.25) is 5.02 Å². The van der Waals surface area contributed by atoms with E-state index in [1.54, 1.807) is 0 Å². The number of ether oxygens (including phenoxy) is 1. The Kier molecular flexibility index (Phi) is 4.80. The molecule has 1 aromatic heterocycles. The maximum Gasteiger partial charge on any atom is 0.270 e. The predicted octanol–water partition coefficient (Wildman–Crippen LogP) is 2.38. The van der Waals surface area contributed by atoms with Crippen LogP contribution in [0.25, 0.3) is 0 Å². The number of rotatable bonds is 3. The summed E-state index contributed by atoms with van der Waals surface area (Å²) in [6.07, 6.45) is 2.16. The van der Waals surface area contributed by atoms with E-state index in [1.807, 2.05) is 24.3 Å². The van der Waals surface area contributed by atoms with Crippen molar-refractivity contribution in [3.63, 3.8) is 0 Å². The smallest absolute Gasteiger partial charge is 0.270 e. The summed E-state index contributed by atoms with van der Waals surface area (Å²) in [5.41, 5.74) is 1.43. The Morgan fingerprint density at radius 1 is 1.23 bits per heavy atom. The summed E-state index contributed by atoms with van der Waals surface area (Å²) in [5.74, 6) is -0.171. The Morgan fingerprint density at radius 3 is 2.77 bits per heavy atom. The first-order valence-corrected chi connectivity index (χ1v) is 9.03. The molecule has 2 N–H and O–H groups in total. The molecule has 3 heterocycles. The van der Waals surface area contributed by atoms with Crippen molar-refractivity contribution in [1.82, 2.24) is 15.2 Å². The van der Waals surface area contributed by atoms with Crippen LogP contribution >= 0.6 is 11.6 Å². The second kappa shape index (κ2) is 7.23. The Bertz CT molecular complexity index is 782. The highest BCUT2D eigenvalue weighted by Crippen LogP contribution is 2.30. The number of pyridine rings is 1. The van der Waals surface area contributed by atoms with Crippen molar-refractivity contribution in [2.75, 3.05) is 19.7 Å². The van der Waals surface area contributed by atoms with Gasteiger partial charge in [0.25, 0.3) is 5.91 Å². The van der Waals surface area contributed by atoms with E-state index in [4.69, 9.17) is 16.3 Å². The van der Waals surface area contributed by atoms with Crippen LogP contribution in [0.4, 0.5) is 0 Å². The van der Waals surface area contributed by atoms with Gasteiger partial charge in [0.05, 0.1) is 18.9 Å². The Labute approximate surface area is 156 Å². The maximum absolute atomic E-state index is 12.3. The molecule has 2 aromatic rings. The molecule has 2 aliphatic heterocycles. The molecule has 6 nitrogen and oxygen atoms in total. The highest BCUT2D eigenvalue weighted by atomic mass is 35.5. The average molecular weight is 374 g/mol. The van der Waals surface area contributed by atoms with Gasteiger partial charge in [-0.1, -0.05) is 23.7 Å². The number of carbonyl (C=O) groups excluding carboxylic acids is 1. The van der Waals surface area contributed by atoms with Crippen LogP contribution in [0.1, 0.15) is 28.6 Å². The number of aromatic nitrogens is 1. The fraction of sp³-hybridized carbons (Fsp3) is 0.368. The van der Waals surface area contributed by atoms with Crippen molar-refractivity contribution in [1.29, 1.82) is 0 Å². The lowest BCUT2D eigenvalue weighted by Crippen LogP contribution is -2.43. The molecule has 0 aliphatic carbocycles. The third-order valence-corrected chi connectivity index (χ3v) is 5.23. The van der Waals surface area contributed by atoms with E-state index in [2.05, 4.69) is 15.2 Å². The van der Waals surface area contributed by atoms with E-state index in [9.17, 15) is 9.90 Å². The Morgan fingerprint density at radius 2 is 2.04 bits per heavy atom. The van der Waals surface area contributed by atoms with Crippen molar-refractivity contribution in [2.45, 2.75) is 24.6 Å². The molecule has 3 atom stereocenters. The van der Waals surface area contributed by atoms with Gasteiger partial charge >= 0.3 is 0 Å². The second-order valence-corrected chi connectivity index (χ2v) is 7.23. The van der Waals surface area contributed by atoms with Crippen molar-refractivity contribution in [3.05, 3.63) is 58.9 Å². The monoisotopic (exact) mass is 373 g/mol. The largest absolute Gasteiger partial charge is 0.506 e. The minimum absolute atomic E-state index is 0.0248. The third-order valence-electron chi connectivity index (χ3n) is 4.98. The number of fused-ring (bicyclic) bond motifs is 1. The molecular formula is C19H20ClN3O3. The number of amides is 1. The fourth-order valence-corrected chi connectivity index (χ4v) is 3.76. The van der Waals surface area contributed by atoms with Gasteiger partial charge in [-0.25, -0.2) is 4.98 Å². The van der Waals surface area contributed by atoms with Gasteiger partial charge in [0, 0.05) is 30.2 Å². The van der Waals surface area contributed by atoms with Crippen LogP contribution in [0.15, 0.2) is 42.6 Å².